The molecule has 8 nitrogen and oxygen atoms in total. The van der Waals surface area contributed by atoms with Crippen LogP contribution in [0.15, 0.2) is 27.6 Å². The van der Waals surface area contributed by atoms with Gasteiger partial charge < -0.3 is 20.2 Å². The number of rotatable bonds is 12. The van der Waals surface area contributed by atoms with Gasteiger partial charge in [0.15, 0.2) is 0 Å². The number of hydrogen-bond acceptors (Lipinski definition) is 6. The van der Waals surface area contributed by atoms with E-state index in [0.717, 1.165) is 43.5 Å². The molecule has 1 aliphatic heterocycles. The molecule has 1 amide bonds. The molecule has 1 aromatic carbocycles. The van der Waals surface area contributed by atoms with Crippen LogP contribution in [0.3, 0.4) is 0 Å². The molecule has 1 saturated heterocycles. The van der Waals surface area contributed by atoms with Gasteiger partial charge in [0.2, 0.25) is 11.7 Å². The number of carbonyl (C=O) groups excluding carboxylic acids is 1. The Kier molecular flexibility index (Phi) is 10.7. The molecule has 0 aromatic heterocycles. The number of carbonyl (C=O) groups is 2. The molecule has 39 heavy (non-hydrogen) atoms. The lowest BCUT2D eigenvalue weighted by Crippen LogP contribution is -2.48. The molecule has 12 heteroatoms. The normalized spacial score (nSPS) is 17.7. The standard InChI is InChI=1S/C27H38F3N5O3S/c1-17(2)15-35(21-9-11-34(12-10-21)25(38)19-5-6-19)23-8-7-20(18(3)13-24(36)37)14-22(23)32-16-39-33-26(31-4)27(28,29)30/h7-8,14,17-19,21,32H,4-6,9-13,15-16H2,1-3H3,(H,36,37)/b33-26-. The monoisotopic (exact) mass is 569 g/mol. The number of hydrogen-bond donors (Lipinski definition) is 2. The molecule has 1 unspecified atom stereocenters. The van der Waals surface area contributed by atoms with Crippen molar-refractivity contribution in [1.29, 1.82) is 0 Å². The number of aliphatic carboxylic acids is 1. The fourth-order valence-corrected chi connectivity index (χ4v) is 5.40. The van der Waals surface area contributed by atoms with Crippen LogP contribution in [0.2, 0.25) is 0 Å². The van der Waals surface area contributed by atoms with E-state index in [-0.39, 0.29) is 36.1 Å². The average Bonchev–Trinajstić information content (AvgIpc) is 3.71. The lowest BCUT2D eigenvalue weighted by atomic mass is 9.95. The summed E-state index contributed by atoms with van der Waals surface area (Å²) in [6.45, 7) is 11.2. The van der Waals surface area contributed by atoms with Gasteiger partial charge in [0.1, 0.15) is 0 Å². The molecule has 2 fully saturated rings. The molecule has 2 aliphatic rings. The van der Waals surface area contributed by atoms with Crippen molar-refractivity contribution in [2.75, 3.05) is 35.7 Å². The second kappa shape index (κ2) is 13.5. The predicted molar refractivity (Wildman–Crippen MR) is 151 cm³/mol. The number of alkyl halides is 3. The number of carboxylic acids is 1. The van der Waals surface area contributed by atoms with E-state index in [1.165, 1.54) is 0 Å². The molecule has 0 spiro atoms. The van der Waals surface area contributed by atoms with Crippen LogP contribution < -0.4 is 10.2 Å². The van der Waals surface area contributed by atoms with E-state index in [0.29, 0.717) is 36.6 Å². The number of carboxylic acid groups (broad SMARTS) is 1. The smallest absolute Gasteiger partial charge is 0.452 e. The molecular formula is C27H38F3N5O3S. The Balaban J connectivity index is 1.84. The van der Waals surface area contributed by atoms with E-state index in [4.69, 9.17) is 0 Å². The zero-order valence-corrected chi connectivity index (χ0v) is 23.5. The second-order valence-corrected chi connectivity index (χ2v) is 11.4. The highest BCUT2D eigenvalue weighted by molar-refractivity contribution is 7.98. The van der Waals surface area contributed by atoms with E-state index < -0.39 is 18.0 Å². The van der Waals surface area contributed by atoms with Gasteiger partial charge in [-0.05, 0) is 73.9 Å². The van der Waals surface area contributed by atoms with Crippen LogP contribution in [0.25, 0.3) is 0 Å². The first-order valence-corrected chi connectivity index (χ1v) is 14.2. The summed E-state index contributed by atoms with van der Waals surface area (Å²) in [4.78, 5) is 31.1. The minimum Gasteiger partial charge on any atom is -0.481 e. The Bertz CT molecular complexity index is 1050. The summed E-state index contributed by atoms with van der Waals surface area (Å²) in [5.74, 6) is -1.63. The SMILES string of the molecule is C=N/C(=N\SCNc1cc(C(C)CC(=O)O)ccc1N(CC(C)C)C1CCN(C(=O)C2CC2)CC1)C(F)(F)F. The molecule has 1 heterocycles. The van der Waals surface area contributed by atoms with Gasteiger partial charge >= 0.3 is 12.1 Å². The number of amides is 1. The molecule has 1 aliphatic carbocycles. The number of halogens is 3. The fourth-order valence-electron chi connectivity index (χ4n) is 4.83. The maximum absolute atomic E-state index is 13.0. The topological polar surface area (TPSA) is 97.6 Å². The van der Waals surface area contributed by atoms with Crippen LogP contribution in [0.4, 0.5) is 24.5 Å². The van der Waals surface area contributed by atoms with Gasteiger partial charge in [0.05, 0.1) is 23.7 Å². The van der Waals surface area contributed by atoms with Crippen LogP contribution in [0.1, 0.15) is 64.4 Å². The molecule has 1 atom stereocenters. The van der Waals surface area contributed by atoms with Gasteiger partial charge in [-0.15, -0.1) is 0 Å². The number of aliphatic imine (C=N–C) groups is 1. The Morgan fingerprint density at radius 3 is 2.41 bits per heavy atom. The summed E-state index contributed by atoms with van der Waals surface area (Å²) in [6.07, 6.45) is -1.12. The van der Waals surface area contributed by atoms with Crippen molar-refractivity contribution in [3.63, 3.8) is 0 Å². The molecule has 0 radical (unpaired) electrons. The Morgan fingerprint density at radius 2 is 1.87 bits per heavy atom. The Morgan fingerprint density at radius 1 is 1.21 bits per heavy atom. The van der Waals surface area contributed by atoms with Crippen molar-refractivity contribution in [3.05, 3.63) is 23.8 Å². The van der Waals surface area contributed by atoms with Gasteiger partial charge in [0, 0.05) is 31.6 Å². The quantitative estimate of drug-likeness (QED) is 0.108. The van der Waals surface area contributed by atoms with Crippen LogP contribution in [-0.4, -0.2) is 72.2 Å². The van der Waals surface area contributed by atoms with Gasteiger partial charge in [0.25, 0.3) is 0 Å². The number of nitrogens with zero attached hydrogens (tertiary/aromatic N) is 4. The Hall–Kier alpha value is -2.76. The maximum Gasteiger partial charge on any atom is 0.452 e. The Labute approximate surface area is 232 Å². The first-order valence-electron chi connectivity index (χ1n) is 13.3. The third kappa shape index (κ3) is 8.87. The van der Waals surface area contributed by atoms with Crippen molar-refractivity contribution in [2.45, 2.75) is 71.0 Å². The summed E-state index contributed by atoms with van der Waals surface area (Å²) < 4.78 is 42.4. The molecule has 2 N–H and O–H groups in total. The van der Waals surface area contributed by atoms with Crippen LogP contribution in [-0.2, 0) is 9.59 Å². The molecule has 1 aromatic rings. The zero-order valence-electron chi connectivity index (χ0n) is 22.7. The number of amidine groups is 1. The largest absolute Gasteiger partial charge is 0.481 e. The summed E-state index contributed by atoms with van der Waals surface area (Å²) in [7, 11) is 0. The first kappa shape index (κ1) is 30.8. The molecule has 3 rings (SSSR count). The van der Waals surface area contributed by atoms with E-state index in [1.54, 1.807) is 0 Å². The number of anilines is 2. The molecule has 1 saturated carbocycles. The third-order valence-electron chi connectivity index (χ3n) is 6.97. The number of likely N-dealkylation sites (tertiary alicyclic amines) is 1. The lowest BCUT2D eigenvalue weighted by Gasteiger charge is -2.41. The van der Waals surface area contributed by atoms with Crippen molar-refractivity contribution in [1.82, 2.24) is 4.90 Å². The van der Waals surface area contributed by atoms with Crippen LogP contribution in [0, 0.1) is 11.8 Å². The predicted octanol–water partition coefficient (Wildman–Crippen LogP) is 5.81. The summed E-state index contributed by atoms with van der Waals surface area (Å²) >= 11 is 0.681. The van der Waals surface area contributed by atoms with Crippen molar-refractivity contribution >= 4 is 47.8 Å². The molecular weight excluding hydrogens is 531 g/mol. The van der Waals surface area contributed by atoms with E-state index in [9.17, 15) is 27.9 Å². The van der Waals surface area contributed by atoms with Gasteiger partial charge in [-0.1, -0.05) is 26.8 Å². The van der Waals surface area contributed by atoms with E-state index in [2.05, 4.69) is 40.2 Å². The average molecular weight is 570 g/mol. The van der Waals surface area contributed by atoms with Gasteiger partial charge in [-0.3, -0.25) is 9.59 Å². The first-order chi connectivity index (χ1) is 18.4. The van der Waals surface area contributed by atoms with Crippen molar-refractivity contribution in [2.24, 2.45) is 21.2 Å². The van der Waals surface area contributed by atoms with Crippen molar-refractivity contribution < 1.29 is 27.9 Å². The van der Waals surface area contributed by atoms with E-state index >= 15 is 0 Å². The summed E-state index contributed by atoms with van der Waals surface area (Å²) in [6, 6.07) is 5.94. The molecule has 0 bridgehead atoms. The fraction of sp³-hybridized carbons (Fsp3) is 0.630. The number of benzene rings is 1. The maximum atomic E-state index is 13.0. The highest BCUT2D eigenvalue weighted by Gasteiger charge is 2.37. The van der Waals surface area contributed by atoms with Crippen LogP contribution in [0.5, 0.6) is 0 Å². The summed E-state index contributed by atoms with van der Waals surface area (Å²) in [5, 5.41) is 12.5. The third-order valence-corrected chi connectivity index (χ3v) is 7.54. The minimum atomic E-state index is -4.68. The van der Waals surface area contributed by atoms with Crippen LogP contribution >= 0.6 is 11.9 Å². The highest BCUT2D eigenvalue weighted by Crippen LogP contribution is 2.36. The number of nitrogens with one attached hydrogen (secondary N) is 1. The van der Waals surface area contributed by atoms with Gasteiger partial charge in [-0.2, -0.15) is 17.6 Å². The summed E-state index contributed by atoms with van der Waals surface area (Å²) in [5.41, 5.74) is 2.41. The number of piperidine rings is 1. The lowest BCUT2D eigenvalue weighted by molar-refractivity contribution is -0.137. The highest BCUT2D eigenvalue weighted by atomic mass is 32.2. The van der Waals surface area contributed by atoms with Crippen molar-refractivity contribution in [3.8, 4) is 0 Å². The van der Waals surface area contributed by atoms with E-state index in [1.807, 2.05) is 30.0 Å². The zero-order chi connectivity index (χ0) is 28.7. The molecule has 216 valence electrons. The van der Waals surface area contributed by atoms with Gasteiger partial charge in [-0.25, -0.2) is 4.99 Å². The second-order valence-electron chi connectivity index (χ2n) is 10.7. The minimum absolute atomic E-state index is 0.0407.